The minimum absolute atomic E-state index is 0.128. The maximum Gasteiger partial charge on any atom is 0.326 e. The number of hydrogen-bond donors (Lipinski definition) is 1. The predicted molar refractivity (Wildman–Crippen MR) is 73.1 cm³/mol. The monoisotopic (exact) mass is 273 g/mol. The van der Waals surface area contributed by atoms with Crippen LogP contribution in [0.15, 0.2) is 0 Å². The van der Waals surface area contributed by atoms with Gasteiger partial charge in [0.2, 0.25) is 0 Å². The molecule has 1 fully saturated rings. The van der Waals surface area contributed by atoms with E-state index in [1.54, 1.807) is 7.11 Å². The van der Waals surface area contributed by atoms with Crippen molar-refractivity contribution in [2.75, 3.05) is 34.0 Å². The highest BCUT2D eigenvalue weighted by Crippen LogP contribution is 2.31. The molecule has 0 aliphatic heterocycles. The summed E-state index contributed by atoms with van der Waals surface area (Å²) in [4.78, 5) is 12.0. The number of nitrogens with one attached hydrogen (secondary N) is 1. The van der Waals surface area contributed by atoms with Crippen molar-refractivity contribution < 1.29 is 19.0 Å². The molecule has 0 saturated heterocycles. The number of hydrogen-bond acceptors (Lipinski definition) is 5. The molecule has 112 valence electrons. The first-order valence-electron chi connectivity index (χ1n) is 7.12. The first-order chi connectivity index (χ1) is 9.18. The van der Waals surface area contributed by atoms with Gasteiger partial charge in [0.05, 0.1) is 13.2 Å². The number of esters is 1. The van der Waals surface area contributed by atoms with E-state index in [0.29, 0.717) is 19.6 Å². The molecule has 2 unspecified atom stereocenters. The summed E-state index contributed by atoms with van der Waals surface area (Å²) in [5.74, 6) is -0.167. The van der Waals surface area contributed by atoms with Crippen molar-refractivity contribution in [1.29, 1.82) is 0 Å². The van der Waals surface area contributed by atoms with Gasteiger partial charge in [-0.2, -0.15) is 0 Å². The van der Waals surface area contributed by atoms with Crippen LogP contribution in [0.5, 0.6) is 0 Å². The normalized spacial score (nSPS) is 27.2. The molecule has 1 rings (SSSR count). The molecule has 0 heterocycles. The molecule has 1 aliphatic carbocycles. The smallest absolute Gasteiger partial charge is 0.326 e. The first-order valence-corrected chi connectivity index (χ1v) is 7.12. The van der Waals surface area contributed by atoms with Gasteiger partial charge in [-0.3, -0.25) is 4.79 Å². The Kier molecular flexibility index (Phi) is 7.34. The molecule has 0 aromatic rings. The average Bonchev–Trinajstić information content (AvgIpc) is 2.43. The van der Waals surface area contributed by atoms with Crippen molar-refractivity contribution in [2.24, 2.45) is 0 Å². The Morgan fingerprint density at radius 1 is 1.37 bits per heavy atom. The summed E-state index contributed by atoms with van der Waals surface area (Å²) in [5, 5.41) is 3.30. The maximum absolute atomic E-state index is 12.0. The van der Waals surface area contributed by atoms with Crippen molar-refractivity contribution in [2.45, 2.75) is 50.7 Å². The van der Waals surface area contributed by atoms with Crippen molar-refractivity contribution in [1.82, 2.24) is 5.32 Å². The van der Waals surface area contributed by atoms with E-state index in [1.807, 2.05) is 6.92 Å². The van der Waals surface area contributed by atoms with Crippen molar-refractivity contribution in [3.8, 4) is 0 Å². The Balaban J connectivity index is 2.51. The zero-order valence-electron chi connectivity index (χ0n) is 12.4. The van der Waals surface area contributed by atoms with E-state index in [9.17, 15) is 4.79 Å². The second-order valence-corrected chi connectivity index (χ2v) is 5.04. The fraction of sp³-hybridized carbons (Fsp3) is 0.929. The van der Waals surface area contributed by atoms with Gasteiger partial charge >= 0.3 is 5.97 Å². The average molecular weight is 273 g/mol. The molecular formula is C14H27NO4. The Labute approximate surface area is 116 Å². The Bertz CT molecular complexity index is 268. The topological polar surface area (TPSA) is 56.8 Å². The molecule has 0 radical (unpaired) electrons. The summed E-state index contributed by atoms with van der Waals surface area (Å²) in [5.41, 5.74) is -0.562. The van der Waals surface area contributed by atoms with Gasteiger partial charge in [-0.15, -0.1) is 0 Å². The molecule has 1 aliphatic rings. The van der Waals surface area contributed by atoms with Gasteiger partial charge in [-0.1, -0.05) is 6.92 Å². The Morgan fingerprint density at radius 3 is 2.79 bits per heavy atom. The van der Waals surface area contributed by atoms with E-state index in [4.69, 9.17) is 14.2 Å². The molecule has 1 saturated carbocycles. The van der Waals surface area contributed by atoms with Crippen LogP contribution in [0.1, 0.15) is 39.0 Å². The van der Waals surface area contributed by atoms with Crippen LogP contribution in [0.2, 0.25) is 0 Å². The zero-order valence-corrected chi connectivity index (χ0v) is 12.4. The van der Waals surface area contributed by atoms with Crippen LogP contribution in [-0.4, -0.2) is 51.6 Å². The van der Waals surface area contributed by atoms with Gasteiger partial charge in [0.25, 0.3) is 0 Å². The highest BCUT2D eigenvalue weighted by molar-refractivity contribution is 5.81. The summed E-state index contributed by atoms with van der Waals surface area (Å²) in [6.45, 7) is 4.16. The summed E-state index contributed by atoms with van der Waals surface area (Å²) in [6, 6.07) is 0. The van der Waals surface area contributed by atoms with Gasteiger partial charge in [0.1, 0.15) is 5.54 Å². The maximum atomic E-state index is 12.0. The number of carbonyl (C=O) groups is 1. The summed E-state index contributed by atoms with van der Waals surface area (Å²) in [7, 11) is 3.14. The molecule has 2 atom stereocenters. The molecule has 5 heteroatoms. The van der Waals surface area contributed by atoms with E-state index in [0.717, 1.165) is 32.2 Å². The number of ether oxygens (including phenoxy) is 3. The minimum atomic E-state index is -0.562. The van der Waals surface area contributed by atoms with E-state index < -0.39 is 5.54 Å². The molecule has 0 aromatic carbocycles. The number of likely N-dealkylation sites (N-methyl/N-ethyl adjacent to an activating group) is 1. The van der Waals surface area contributed by atoms with E-state index in [1.165, 1.54) is 7.11 Å². The van der Waals surface area contributed by atoms with Crippen LogP contribution in [0.3, 0.4) is 0 Å². The van der Waals surface area contributed by atoms with E-state index >= 15 is 0 Å². The van der Waals surface area contributed by atoms with Crippen LogP contribution >= 0.6 is 0 Å². The molecular weight excluding hydrogens is 246 g/mol. The molecule has 19 heavy (non-hydrogen) atoms. The molecule has 0 aromatic heterocycles. The largest absolute Gasteiger partial charge is 0.468 e. The lowest BCUT2D eigenvalue weighted by atomic mass is 9.80. The van der Waals surface area contributed by atoms with Gasteiger partial charge in [-0.05, 0) is 32.2 Å². The van der Waals surface area contributed by atoms with E-state index in [-0.39, 0.29) is 12.1 Å². The fourth-order valence-corrected chi connectivity index (χ4v) is 2.77. The Hall–Kier alpha value is -0.650. The van der Waals surface area contributed by atoms with Gasteiger partial charge < -0.3 is 19.5 Å². The van der Waals surface area contributed by atoms with Crippen LogP contribution in [0, 0.1) is 0 Å². The third-order valence-corrected chi connectivity index (χ3v) is 3.64. The van der Waals surface area contributed by atoms with Crippen LogP contribution in [0.25, 0.3) is 0 Å². The number of rotatable bonds is 8. The molecule has 1 N–H and O–H groups in total. The molecule has 0 bridgehead atoms. The number of methoxy groups -OCH3 is 2. The summed E-state index contributed by atoms with van der Waals surface area (Å²) in [6.07, 6.45) is 4.53. The second-order valence-electron chi connectivity index (χ2n) is 5.04. The highest BCUT2D eigenvalue weighted by Gasteiger charge is 2.43. The standard InChI is InChI=1S/C14H27NO4/c1-4-15-14(13(16)18-3)8-5-7-12(11-14)19-10-6-9-17-2/h12,15H,4-11H2,1-3H3. The lowest BCUT2D eigenvalue weighted by molar-refractivity contribution is -0.153. The van der Waals surface area contributed by atoms with Crippen LogP contribution < -0.4 is 5.32 Å². The zero-order chi connectivity index (χ0) is 14.1. The molecule has 5 nitrogen and oxygen atoms in total. The lowest BCUT2D eigenvalue weighted by Crippen LogP contribution is -2.56. The summed E-state index contributed by atoms with van der Waals surface area (Å²) >= 11 is 0. The first kappa shape index (κ1) is 16.4. The van der Waals surface area contributed by atoms with Gasteiger partial charge in [-0.25, -0.2) is 0 Å². The quantitative estimate of drug-likeness (QED) is 0.536. The number of carbonyl (C=O) groups excluding carboxylic acids is 1. The third-order valence-electron chi connectivity index (χ3n) is 3.64. The molecule has 0 amide bonds. The summed E-state index contributed by atoms with van der Waals surface area (Å²) < 4.78 is 15.8. The van der Waals surface area contributed by atoms with Crippen LogP contribution in [-0.2, 0) is 19.0 Å². The van der Waals surface area contributed by atoms with E-state index in [2.05, 4.69) is 5.32 Å². The third kappa shape index (κ3) is 4.75. The Morgan fingerprint density at radius 2 is 2.16 bits per heavy atom. The highest BCUT2D eigenvalue weighted by atomic mass is 16.5. The molecule has 0 spiro atoms. The fourth-order valence-electron chi connectivity index (χ4n) is 2.77. The second kappa shape index (κ2) is 8.51. The lowest BCUT2D eigenvalue weighted by Gasteiger charge is -2.39. The van der Waals surface area contributed by atoms with Gasteiger partial charge in [0, 0.05) is 26.7 Å². The van der Waals surface area contributed by atoms with Crippen molar-refractivity contribution in [3.63, 3.8) is 0 Å². The minimum Gasteiger partial charge on any atom is -0.468 e. The van der Waals surface area contributed by atoms with Gasteiger partial charge in [0.15, 0.2) is 0 Å². The van der Waals surface area contributed by atoms with Crippen molar-refractivity contribution >= 4 is 5.97 Å². The predicted octanol–water partition coefficient (Wildman–Crippen LogP) is 1.50. The van der Waals surface area contributed by atoms with Crippen LogP contribution in [0.4, 0.5) is 0 Å². The van der Waals surface area contributed by atoms with Crippen molar-refractivity contribution in [3.05, 3.63) is 0 Å². The SMILES string of the molecule is CCNC1(C(=O)OC)CCCC(OCCCOC)C1.